The molecule has 0 unspecified atom stereocenters. The molecule has 2 aliphatic heterocycles. The third-order valence-electron chi connectivity index (χ3n) is 5.48. The Hall–Kier alpha value is -2.66. The molecule has 2 aliphatic rings. The van der Waals surface area contributed by atoms with Crippen LogP contribution in [0.3, 0.4) is 0 Å². The number of anilines is 1. The number of benzene rings is 2. The number of aryl methyl sites for hydroxylation is 2. The third-order valence-corrected chi connectivity index (χ3v) is 5.48. The van der Waals surface area contributed by atoms with Crippen molar-refractivity contribution in [1.82, 2.24) is 5.32 Å². The third kappa shape index (κ3) is 3.94. The van der Waals surface area contributed by atoms with Crippen molar-refractivity contribution in [3.63, 3.8) is 0 Å². The predicted octanol–water partition coefficient (Wildman–Crippen LogP) is 3.50. The fraction of sp³-hybridized carbons (Fsp3) is 0.391. The Morgan fingerprint density at radius 2 is 2.04 bits per heavy atom. The first-order chi connectivity index (χ1) is 13.6. The summed E-state index contributed by atoms with van der Waals surface area (Å²) >= 11 is 0. The van der Waals surface area contributed by atoms with Crippen LogP contribution in [0.25, 0.3) is 0 Å². The van der Waals surface area contributed by atoms with Gasteiger partial charge in [0.15, 0.2) is 0 Å². The largest absolute Gasteiger partial charge is 0.376 e. The molecule has 146 valence electrons. The van der Waals surface area contributed by atoms with Crippen LogP contribution in [0, 0.1) is 6.92 Å². The van der Waals surface area contributed by atoms with Crippen LogP contribution in [0.4, 0.5) is 5.69 Å². The fourth-order valence-electron chi connectivity index (χ4n) is 4.00. The van der Waals surface area contributed by atoms with Gasteiger partial charge in [-0.15, -0.1) is 0 Å². The second-order valence-electron chi connectivity index (χ2n) is 7.62. The molecule has 1 N–H and O–H groups in total. The number of carbonyl (C=O) groups excluding carboxylic acids is 2. The van der Waals surface area contributed by atoms with E-state index in [1.165, 1.54) is 0 Å². The molecule has 28 heavy (non-hydrogen) atoms. The van der Waals surface area contributed by atoms with Crippen molar-refractivity contribution in [2.75, 3.05) is 24.6 Å². The molecular formula is C23H26N2O3. The Kier molecular flexibility index (Phi) is 5.44. The van der Waals surface area contributed by atoms with Gasteiger partial charge in [0.1, 0.15) is 0 Å². The van der Waals surface area contributed by atoms with Crippen LogP contribution in [-0.2, 0) is 11.2 Å². The number of hydrogen-bond donors (Lipinski definition) is 1. The molecule has 0 spiro atoms. The maximum atomic E-state index is 13.0. The summed E-state index contributed by atoms with van der Waals surface area (Å²) in [5.74, 6) is -0.0688. The summed E-state index contributed by atoms with van der Waals surface area (Å²) < 4.78 is 5.56. The second kappa shape index (κ2) is 8.15. The van der Waals surface area contributed by atoms with Crippen LogP contribution in [0.5, 0.6) is 0 Å². The number of hydrogen-bond acceptors (Lipinski definition) is 3. The Bertz CT molecular complexity index is 887. The van der Waals surface area contributed by atoms with E-state index < -0.39 is 0 Å². The van der Waals surface area contributed by atoms with Gasteiger partial charge in [-0.25, -0.2) is 0 Å². The maximum absolute atomic E-state index is 13.0. The van der Waals surface area contributed by atoms with Gasteiger partial charge < -0.3 is 15.0 Å². The van der Waals surface area contributed by atoms with Gasteiger partial charge >= 0.3 is 0 Å². The maximum Gasteiger partial charge on any atom is 0.258 e. The van der Waals surface area contributed by atoms with E-state index in [-0.39, 0.29) is 17.9 Å². The first-order valence-corrected chi connectivity index (χ1v) is 10.0. The minimum absolute atomic E-state index is 0.0141. The Balaban J connectivity index is 1.50. The quantitative estimate of drug-likeness (QED) is 0.886. The molecular weight excluding hydrogens is 352 g/mol. The van der Waals surface area contributed by atoms with E-state index in [9.17, 15) is 9.59 Å². The van der Waals surface area contributed by atoms with Gasteiger partial charge in [0.05, 0.1) is 6.10 Å². The van der Waals surface area contributed by atoms with E-state index >= 15 is 0 Å². The summed E-state index contributed by atoms with van der Waals surface area (Å²) in [4.78, 5) is 27.4. The van der Waals surface area contributed by atoms with E-state index in [1.54, 1.807) is 0 Å². The first kappa shape index (κ1) is 18.7. The monoisotopic (exact) mass is 378 g/mol. The zero-order valence-corrected chi connectivity index (χ0v) is 16.2. The van der Waals surface area contributed by atoms with Gasteiger partial charge in [0.2, 0.25) is 0 Å². The molecule has 4 rings (SSSR count). The van der Waals surface area contributed by atoms with Gasteiger partial charge in [-0.2, -0.15) is 0 Å². The highest BCUT2D eigenvalue weighted by Gasteiger charge is 2.25. The van der Waals surface area contributed by atoms with Crippen LogP contribution in [0.2, 0.25) is 0 Å². The summed E-state index contributed by atoms with van der Waals surface area (Å²) in [5, 5.41) is 2.97. The molecule has 2 aromatic rings. The second-order valence-corrected chi connectivity index (χ2v) is 7.62. The Morgan fingerprint density at radius 3 is 2.82 bits per heavy atom. The van der Waals surface area contributed by atoms with E-state index in [1.807, 2.05) is 54.3 Å². The molecule has 5 nitrogen and oxygen atoms in total. The summed E-state index contributed by atoms with van der Waals surface area (Å²) in [7, 11) is 0. The zero-order valence-electron chi connectivity index (χ0n) is 16.2. The van der Waals surface area contributed by atoms with Crippen molar-refractivity contribution >= 4 is 17.5 Å². The van der Waals surface area contributed by atoms with E-state index in [0.717, 1.165) is 49.1 Å². The number of amides is 2. The summed E-state index contributed by atoms with van der Waals surface area (Å²) in [6.45, 7) is 4.02. The lowest BCUT2D eigenvalue weighted by molar-refractivity contribution is 0.0857. The SMILES string of the molecule is Cc1cccc(C(=O)N2CCCc3cc(C(=O)NC[C@H]4CCCO4)ccc32)c1. The van der Waals surface area contributed by atoms with Crippen molar-refractivity contribution in [1.29, 1.82) is 0 Å². The lowest BCUT2D eigenvalue weighted by atomic mass is 9.98. The number of carbonyl (C=O) groups is 2. The molecule has 0 bridgehead atoms. The van der Waals surface area contributed by atoms with E-state index in [4.69, 9.17) is 4.74 Å². The van der Waals surface area contributed by atoms with E-state index in [0.29, 0.717) is 24.2 Å². The van der Waals surface area contributed by atoms with Crippen LogP contribution in [0.15, 0.2) is 42.5 Å². The molecule has 1 atom stereocenters. The molecule has 0 radical (unpaired) electrons. The molecule has 0 aromatic heterocycles. The zero-order chi connectivity index (χ0) is 19.5. The first-order valence-electron chi connectivity index (χ1n) is 10.0. The molecule has 2 aromatic carbocycles. The molecule has 1 saturated heterocycles. The van der Waals surface area contributed by atoms with E-state index in [2.05, 4.69) is 5.32 Å². The van der Waals surface area contributed by atoms with Crippen molar-refractivity contribution < 1.29 is 14.3 Å². The molecule has 5 heteroatoms. The molecule has 1 fully saturated rings. The van der Waals surface area contributed by atoms with Gasteiger partial charge in [-0.1, -0.05) is 17.7 Å². The number of ether oxygens (including phenoxy) is 1. The van der Waals surface area contributed by atoms with Crippen molar-refractivity contribution in [2.24, 2.45) is 0 Å². The Morgan fingerprint density at radius 1 is 1.14 bits per heavy atom. The smallest absolute Gasteiger partial charge is 0.258 e. The highest BCUT2D eigenvalue weighted by Crippen LogP contribution is 2.29. The van der Waals surface area contributed by atoms with Crippen LogP contribution in [-0.4, -0.2) is 37.6 Å². The minimum atomic E-state index is -0.0829. The Labute approximate surface area is 165 Å². The van der Waals surface area contributed by atoms with Crippen molar-refractivity contribution in [3.8, 4) is 0 Å². The lowest BCUT2D eigenvalue weighted by Gasteiger charge is -2.30. The van der Waals surface area contributed by atoms with Crippen LogP contribution in [0.1, 0.15) is 51.1 Å². The predicted molar refractivity (Wildman–Crippen MR) is 109 cm³/mol. The molecule has 0 saturated carbocycles. The summed E-state index contributed by atoms with van der Waals surface area (Å²) in [6, 6.07) is 13.3. The number of rotatable bonds is 4. The highest BCUT2D eigenvalue weighted by molar-refractivity contribution is 6.07. The standard InChI is InChI=1S/C23H26N2O3/c1-16-5-2-6-19(13-16)23(27)25-11-3-7-17-14-18(9-10-21(17)25)22(26)24-15-20-8-4-12-28-20/h2,5-6,9-10,13-14,20H,3-4,7-8,11-12,15H2,1H3,(H,24,26)/t20-/m1/s1. The number of nitrogens with one attached hydrogen (secondary N) is 1. The molecule has 2 amide bonds. The van der Waals surface area contributed by atoms with Gasteiger partial charge in [0, 0.05) is 36.5 Å². The fourth-order valence-corrected chi connectivity index (χ4v) is 4.00. The lowest BCUT2D eigenvalue weighted by Crippen LogP contribution is -2.36. The van der Waals surface area contributed by atoms with Gasteiger partial charge in [-0.3, -0.25) is 9.59 Å². The normalized spacial score (nSPS) is 18.6. The average molecular weight is 378 g/mol. The summed E-state index contributed by atoms with van der Waals surface area (Å²) in [5.41, 5.74) is 4.37. The van der Waals surface area contributed by atoms with Crippen molar-refractivity contribution in [2.45, 2.75) is 38.7 Å². The van der Waals surface area contributed by atoms with Gasteiger partial charge in [-0.05, 0) is 68.5 Å². The highest BCUT2D eigenvalue weighted by atomic mass is 16.5. The molecule has 2 heterocycles. The number of fused-ring (bicyclic) bond motifs is 1. The van der Waals surface area contributed by atoms with Crippen molar-refractivity contribution in [3.05, 3.63) is 64.7 Å². The van der Waals surface area contributed by atoms with Crippen LogP contribution < -0.4 is 10.2 Å². The topological polar surface area (TPSA) is 58.6 Å². The minimum Gasteiger partial charge on any atom is -0.376 e. The molecule has 0 aliphatic carbocycles. The van der Waals surface area contributed by atoms with Crippen LogP contribution >= 0.6 is 0 Å². The van der Waals surface area contributed by atoms with Gasteiger partial charge in [0.25, 0.3) is 11.8 Å². The number of nitrogens with zero attached hydrogens (tertiary/aromatic N) is 1. The average Bonchev–Trinajstić information content (AvgIpc) is 3.24. The summed E-state index contributed by atoms with van der Waals surface area (Å²) in [6.07, 6.45) is 3.96.